The summed E-state index contributed by atoms with van der Waals surface area (Å²) in [6.45, 7) is 0. The van der Waals surface area contributed by atoms with E-state index < -0.39 is 6.10 Å². The number of aliphatic hydroxyl groups excluding tert-OH is 1. The smallest absolute Gasteiger partial charge is 0.126 e. The molecule has 0 amide bonds. The molecule has 3 rings (SSSR count). The predicted octanol–water partition coefficient (Wildman–Crippen LogP) is 1.88. The Morgan fingerprint density at radius 2 is 1.80 bits per heavy atom. The second-order valence-electron chi connectivity index (χ2n) is 4.57. The topological polar surface area (TPSA) is 84.9 Å². The number of aromatic nitrogens is 3. The van der Waals surface area contributed by atoms with E-state index >= 15 is 0 Å². The van der Waals surface area contributed by atoms with E-state index in [-0.39, 0.29) is 0 Å². The van der Waals surface area contributed by atoms with Crippen LogP contribution in [0.1, 0.15) is 17.2 Å². The summed E-state index contributed by atoms with van der Waals surface area (Å²) in [6.07, 6.45) is 4.70. The molecule has 0 aliphatic heterocycles. The average Bonchev–Trinajstić information content (AvgIpc) is 2.49. The maximum atomic E-state index is 10.3. The van der Waals surface area contributed by atoms with Crippen molar-refractivity contribution in [2.24, 2.45) is 0 Å². The lowest BCUT2D eigenvalue weighted by Crippen LogP contribution is -2.05. The van der Waals surface area contributed by atoms with Crippen LogP contribution in [0.25, 0.3) is 11.0 Å². The fourth-order valence-electron chi connectivity index (χ4n) is 2.14. The van der Waals surface area contributed by atoms with Gasteiger partial charge in [-0.3, -0.25) is 9.97 Å². The SMILES string of the molecule is Nc1ncccc1CC(O)c1ccc2nccnc2c1. The minimum atomic E-state index is -0.645. The Morgan fingerprint density at radius 3 is 2.60 bits per heavy atom. The Bertz CT molecular complexity index is 745. The van der Waals surface area contributed by atoms with Gasteiger partial charge >= 0.3 is 0 Å². The van der Waals surface area contributed by atoms with Crippen LogP contribution in [-0.4, -0.2) is 20.1 Å². The summed E-state index contributed by atoms with van der Waals surface area (Å²) in [5, 5.41) is 10.3. The fourth-order valence-corrected chi connectivity index (χ4v) is 2.14. The van der Waals surface area contributed by atoms with Crippen molar-refractivity contribution >= 4 is 16.9 Å². The van der Waals surface area contributed by atoms with Crippen LogP contribution in [0.2, 0.25) is 0 Å². The third-order valence-corrected chi connectivity index (χ3v) is 3.22. The van der Waals surface area contributed by atoms with Gasteiger partial charge in [-0.25, -0.2) is 4.98 Å². The molecule has 3 N–H and O–H groups in total. The largest absolute Gasteiger partial charge is 0.388 e. The molecule has 2 aromatic heterocycles. The van der Waals surface area contributed by atoms with Crippen LogP contribution in [0.15, 0.2) is 48.9 Å². The number of hydrogen-bond acceptors (Lipinski definition) is 5. The molecule has 1 unspecified atom stereocenters. The highest BCUT2D eigenvalue weighted by Gasteiger charge is 2.12. The maximum Gasteiger partial charge on any atom is 0.126 e. The van der Waals surface area contributed by atoms with Crippen molar-refractivity contribution < 1.29 is 5.11 Å². The van der Waals surface area contributed by atoms with Gasteiger partial charge < -0.3 is 10.8 Å². The van der Waals surface area contributed by atoms with Crippen LogP contribution in [0.4, 0.5) is 5.82 Å². The lowest BCUT2D eigenvalue weighted by atomic mass is 10.0. The molecule has 0 radical (unpaired) electrons. The quantitative estimate of drug-likeness (QED) is 0.756. The second kappa shape index (κ2) is 5.22. The number of aliphatic hydroxyl groups is 1. The first-order valence-corrected chi connectivity index (χ1v) is 6.32. The highest BCUT2D eigenvalue weighted by Crippen LogP contribution is 2.22. The normalized spacial score (nSPS) is 12.4. The van der Waals surface area contributed by atoms with Crippen molar-refractivity contribution in [3.8, 4) is 0 Å². The number of nitrogens with zero attached hydrogens (tertiary/aromatic N) is 3. The molecule has 100 valence electrons. The van der Waals surface area contributed by atoms with E-state index in [2.05, 4.69) is 15.0 Å². The van der Waals surface area contributed by atoms with E-state index in [9.17, 15) is 5.11 Å². The Kier molecular flexibility index (Phi) is 3.26. The number of hydrogen-bond donors (Lipinski definition) is 2. The third kappa shape index (κ3) is 2.44. The van der Waals surface area contributed by atoms with Crippen LogP contribution in [-0.2, 0) is 6.42 Å². The Morgan fingerprint density at radius 1 is 1.00 bits per heavy atom. The molecule has 1 atom stereocenters. The van der Waals surface area contributed by atoms with E-state index in [1.54, 1.807) is 18.6 Å². The monoisotopic (exact) mass is 266 g/mol. The summed E-state index contributed by atoms with van der Waals surface area (Å²) in [7, 11) is 0. The maximum absolute atomic E-state index is 10.3. The number of anilines is 1. The molecule has 0 spiro atoms. The van der Waals surface area contributed by atoms with Gasteiger partial charge in [0, 0.05) is 25.0 Å². The number of fused-ring (bicyclic) bond motifs is 1. The first-order valence-electron chi connectivity index (χ1n) is 6.32. The molecule has 0 aliphatic rings. The van der Waals surface area contributed by atoms with Gasteiger partial charge in [-0.1, -0.05) is 12.1 Å². The molecule has 1 aromatic carbocycles. The molecule has 0 bridgehead atoms. The van der Waals surface area contributed by atoms with E-state index in [1.807, 2.05) is 30.3 Å². The average molecular weight is 266 g/mol. The summed E-state index contributed by atoms with van der Waals surface area (Å²) in [5.74, 6) is 0.451. The first-order chi connectivity index (χ1) is 9.74. The minimum absolute atomic E-state index is 0.422. The molecule has 0 saturated carbocycles. The van der Waals surface area contributed by atoms with Crippen LogP contribution < -0.4 is 5.73 Å². The zero-order valence-corrected chi connectivity index (χ0v) is 10.8. The van der Waals surface area contributed by atoms with Crippen LogP contribution in [0.5, 0.6) is 0 Å². The van der Waals surface area contributed by atoms with Gasteiger partial charge in [-0.05, 0) is 29.3 Å². The molecule has 20 heavy (non-hydrogen) atoms. The van der Waals surface area contributed by atoms with Crippen molar-refractivity contribution in [2.45, 2.75) is 12.5 Å². The fraction of sp³-hybridized carbons (Fsp3) is 0.133. The minimum Gasteiger partial charge on any atom is -0.388 e. The van der Waals surface area contributed by atoms with Gasteiger partial charge in [0.15, 0.2) is 0 Å². The second-order valence-corrected chi connectivity index (χ2v) is 4.57. The lowest BCUT2D eigenvalue weighted by Gasteiger charge is -2.12. The number of pyridine rings is 1. The van der Waals surface area contributed by atoms with Crippen LogP contribution >= 0.6 is 0 Å². The third-order valence-electron chi connectivity index (χ3n) is 3.22. The first kappa shape index (κ1) is 12.5. The zero-order chi connectivity index (χ0) is 13.9. The summed E-state index contributed by atoms with van der Waals surface area (Å²) in [5.41, 5.74) is 8.99. The number of nitrogens with two attached hydrogens (primary N) is 1. The lowest BCUT2D eigenvalue weighted by molar-refractivity contribution is 0.178. The molecular formula is C15H14N4O. The van der Waals surface area contributed by atoms with Gasteiger partial charge in [-0.15, -0.1) is 0 Å². The van der Waals surface area contributed by atoms with Gasteiger partial charge in [0.25, 0.3) is 0 Å². The van der Waals surface area contributed by atoms with E-state index in [4.69, 9.17) is 5.73 Å². The molecular weight excluding hydrogens is 252 g/mol. The zero-order valence-electron chi connectivity index (χ0n) is 10.8. The van der Waals surface area contributed by atoms with Gasteiger partial charge in [-0.2, -0.15) is 0 Å². The van der Waals surface area contributed by atoms with Crippen LogP contribution in [0, 0.1) is 0 Å². The summed E-state index contributed by atoms with van der Waals surface area (Å²) in [4.78, 5) is 12.5. The molecule has 0 aliphatic carbocycles. The molecule has 5 nitrogen and oxygen atoms in total. The molecule has 0 fully saturated rings. The standard InChI is InChI=1S/C15H14N4O/c16-15-11(2-1-5-19-15)9-14(20)10-3-4-12-13(8-10)18-7-6-17-12/h1-8,14,20H,9H2,(H2,16,19). The highest BCUT2D eigenvalue weighted by atomic mass is 16.3. The van der Waals surface area contributed by atoms with Gasteiger partial charge in [0.05, 0.1) is 17.1 Å². The molecule has 0 saturated heterocycles. The molecule has 3 aromatic rings. The summed E-state index contributed by atoms with van der Waals surface area (Å²) >= 11 is 0. The number of rotatable bonds is 3. The summed E-state index contributed by atoms with van der Waals surface area (Å²) in [6, 6.07) is 9.23. The Labute approximate surface area is 116 Å². The van der Waals surface area contributed by atoms with Crippen molar-refractivity contribution in [3.05, 3.63) is 60.0 Å². The van der Waals surface area contributed by atoms with E-state index in [0.29, 0.717) is 12.2 Å². The Balaban J connectivity index is 1.89. The van der Waals surface area contributed by atoms with E-state index in [1.165, 1.54) is 0 Å². The highest BCUT2D eigenvalue weighted by molar-refractivity contribution is 5.74. The summed E-state index contributed by atoms with van der Waals surface area (Å²) < 4.78 is 0. The van der Waals surface area contributed by atoms with E-state index in [0.717, 1.165) is 22.2 Å². The van der Waals surface area contributed by atoms with Crippen molar-refractivity contribution in [1.82, 2.24) is 15.0 Å². The number of benzene rings is 1. The predicted molar refractivity (Wildman–Crippen MR) is 76.9 cm³/mol. The van der Waals surface area contributed by atoms with Crippen molar-refractivity contribution in [3.63, 3.8) is 0 Å². The Hall–Kier alpha value is -2.53. The van der Waals surface area contributed by atoms with Crippen molar-refractivity contribution in [1.29, 1.82) is 0 Å². The number of nitrogen functional groups attached to an aromatic ring is 1. The van der Waals surface area contributed by atoms with Crippen molar-refractivity contribution in [2.75, 3.05) is 5.73 Å². The van der Waals surface area contributed by atoms with Crippen LogP contribution in [0.3, 0.4) is 0 Å². The van der Waals surface area contributed by atoms with Gasteiger partial charge in [0.1, 0.15) is 5.82 Å². The van der Waals surface area contributed by atoms with Gasteiger partial charge in [0.2, 0.25) is 0 Å². The molecule has 5 heteroatoms. The molecule has 2 heterocycles.